The maximum absolute atomic E-state index is 12.5. The molecule has 9 heteroatoms. The molecule has 0 saturated heterocycles. The van der Waals surface area contributed by atoms with Gasteiger partial charge in [-0.15, -0.1) is 0 Å². The van der Waals surface area contributed by atoms with Gasteiger partial charge >= 0.3 is 11.9 Å². The first kappa shape index (κ1) is 22.5. The second-order valence-electron chi connectivity index (χ2n) is 6.87. The molecule has 31 heavy (non-hydrogen) atoms. The lowest BCUT2D eigenvalue weighted by molar-refractivity contribution is -0.141. The number of fused-ring (bicyclic) bond motifs is 1. The summed E-state index contributed by atoms with van der Waals surface area (Å²) < 4.78 is 0. The second kappa shape index (κ2) is 8.91. The van der Waals surface area contributed by atoms with Crippen molar-refractivity contribution in [2.45, 2.75) is 25.3 Å². The molecule has 1 aliphatic rings. The Balaban J connectivity index is 2.22. The molecule has 0 aromatic heterocycles. The smallest absolute Gasteiger partial charge is 0.341 e. The highest BCUT2D eigenvalue weighted by Gasteiger charge is 2.46. The van der Waals surface area contributed by atoms with Crippen LogP contribution in [0.4, 0.5) is 5.69 Å². The van der Waals surface area contributed by atoms with Gasteiger partial charge in [-0.3, -0.25) is 9.79 Å². The Hall–Kier alpha value is -3.16. The van der Waals surface area contributed by atoms with E-state index in [0.29, 0.717) is 23.7 Å². The monoisotopic (exact) mass is 460 g/mol. The average Bonchev–Trinajstić information content (AvgIpc) is 3.02. The third-order valence-corrected chi connectivity index (χ3v) is 5.26. The van der Waals surface area contributed by atoms with Crippen molar-refractivity contribution in [2.24, 2.45) is 4.99 Å². The van der Waals surface area contributed by atoms with Gasteiger partial charge < -0.3 is 15.5 Å². The van der Waals surface area contributed by atoms with Crippen LogP contribution in [0.5, 0.6) is 0 Å². The number of amides is 1. The summed E-state index contributed by atoms with van der Waals surface area (Å²) in [5.41, 5.74) is -1.07. The van der Waals surface area contributed by atoms with E-state index in [-0.39, 0.29) is 32.4 Å². The van der Waals surface area contributed by atoms with Crippen LogP contribution in [0, 0.1) is 0 Å². The molecule has 0 fully saturated rings. The number of anilines is 1. The van der Waals surface area contributed by atoms with Crippen LogP contribution in [-0.4, -0.2) is 28.1 Å². The van der Waals surface area contributed by atoms with Crippen molar-refractivity contribution >= 4 is 52.3 Å². The third kappa shape index (κ3) is 4.33. The number of nitrogens with one attached hydrogen (secondary N) is 1. The molecular formula is C22H18Cl2N2O5. The summed E-state index contributed by atoms with van der Waals surface area (Å²) in [7, 11) is 0. The summed E-state index contributed by atoms with van der Waals surface area (Å²) in [5.74, 6) is -2.72. The fourth-order valence-corrected chi connectivity index (χ4v) is 4.03. The maximum Gasteiger partial charge on any atom is 0.341 e. The zero-order valence-corrected chi connectivity index (χ0v) is 17.9. The van der Waals surface area contributed by atoms with Crippen molar-refractivity contribution in [2.75, 3.05) is 5.32 Å². The Labute approximate surface area is 187 Å². The average molecular weight is 461 g/mol. The maximum atomic E-state index is 12.5. The van der Waals surface area contributed by atoms with Crippen molar-refractivity contribution in [3.8, 4) is 0 Å². The van der Waals surface area contributed by atoms with Crippen molar-refractivity contribution < 1.29 is 24.6 Å². The highest BCUT2D eigenvalue weighted by atomic mass is 35.5. The summed E-state index contributed by atoms with van der Waals surface area (Å²) in [5, 5.41) is 23.0. The quantitative estimate of drug-likeness (QED) is 0.548. The molecule has 1 aliphatic heterocycles. The highest BCUT2D eigenvalue weighted by molar-refractivity contribution is 6.34. The van der Waals surface area contributed by atoms with Gasteiger partial charge in [0.2, 0.25) is 11.4 Å². The lowest BCUT2D eigenvalue weighted by Crippen LogP contribution is -2.34. The summed E-state index contributed by atoms with van der Waals surface area (Å²) >= 11 is 12.4. The summed E-state index contributed by atoms with van der Waals surface area (Å²) in [6.07, 6.45) is 3.08. The van der Waals surface area contributed by atoms with Gasteiger partial charge in [0.1, 0.15) is 0 Å². The standard InChI is InChI=1S/C22H18Cl2N2O5/c1-2-3-18(27)25-14-6-4-12(5-7-14)22(21(30)31)15(8-9-19(28)29)20-16(24)10-13(23)11-17(20)26-22/h4-11H,2-3H2,1H3,(H,25,27)(H,28,29)(H,30,31). The van der Waals surface area contributed by atoms with Crippen LogP contribution >= 0.6 is 23.2 Å². The number of carboxylic acid groups (broad SMARTS) is 2. The summed E-state index contributed by atoms with van der Waals surface area (Å²) in [6, 6.07) is 9.10. The Morgan fingerprint density at radius 3 is 2.39 bits per heavy atom. The molecule has 1 amide bonds. The Kier molecular flexibility index (Phi) is 6.48. The molecule has 3 rings (SSSR count). The molecule has 0 saturated carbocycles. The number of carbonyl (C=O) groups is 3. The van der Waals surface area contributed by atoms with Crippen LogP contribution in [0.25, 0.3) is 5.57 Å². The number of hydrogen-bond donors (Lipinski definition) is 3. The van der Waals surface area contributed by atoms with Gasteiger partial charge in [0.25, 0.3) is 0 Å². The Bertz CT molecular complexity index is 1220. The fourth-order valence-electron chi connectivity index (χ4n) is 3.45. The molecule has 2 aromatic carbocycles. The summed E-state index contributed by atoms with van der Waals surface area (Å²) in [6.45, 7) is 1.89. The van der Waals surface area contributed by atoms with Gasteiger partial charge in [-0.05, 0) is 42.3 Å². The molecule has 7 nitrogen and oxygen atoms in total. The van der Waals surface area contributed by atoms with E-state index in [1.807, 2.05) is 6.92 Å². The summed E-state index contributed by atoms with van der Waals surface area (Å²) in [4.78, 5) is 39.9. The molecule has 0 bridgehead atoms. The normalized spacial score (nSPS) is 17.3. The number of hydrogen-bond acceptors (Lipinski definition) is 4. The predicted octanol–water partition coefficient (Wildman–Crippen LogP) is 3.14. The number of halogens is 2. The van der Waals surface area contributed by atoms with Crippen molar-refractivity contribution in [3.63, 3.8) is 0 Å². The van der Waals surface area contributed by atoms with E-state index in [0.717, 1.165) is 6.08 Å². The Morgan fingerprint density at radius 2 is 1.81 bits per heavy atom. The molecule has 0 spiro atoms. The largest absolute Gasteiger partial charge is 0.479 e. The Morgan fingerprint density at radius 1 is 1.13 bits per heavy atom. The van der Waals surface area contributed by atoms with E-state index in [2.05, 4.69) is 10.3 Å². The predicted molar refractivity (Wildman–Crippen MR) is 117 cm³/mol. The van der Waals surface area contributed by atoms with Gasteiger partial charge in [-0.25, -0.2) is 9.59 Å². The lowest BCUT2D eigenvalue weighted by atomic mass is 9.83. The third-order valence-electron chi connectivity index (χ3n) is 4.75. The van der Waals surface area contributed by atoms with E-state index in [4.69, 9.17) is 28.3 Å². The number of nitrogens with zero attached hydrogens (tertiary/aromatic N) is 1. The molecule has 0 aliphatic carbocycles. The second-order valence-corrected chi connectivity index (χ2v) is 7.71. The van der Waals surface area contributed by atoms with Crippen molar-refractivity contribution in [1.29, 1.82) is 0 Å². The zero-order chi connectivity index (χ0) is 22.8. The van der Waals surface area contributed by atoms with Crippen molar-refractivity contribution in [1.82, 2.24) is 0 Å². The first-order valence-electron chi connectivity index (χ1n) is 9.33. The zero-order valence-electron chi connectivity index (χ0n) is 16.4. The molecule has 1 unspecified atom stereocenters. The van der Waals surface area contributed by atoms with Gasteiger partial charge in [-0.1, -0.05) is 42.3 Å². The SMILES string of the molecule is CCCC(=O)Nc1ccc(C2(C(=O)O)N=c3cc(Cl)cc(Cl)c3=C2C=CC(=O)O)cc1. The van der Waals surface area contributed by atoms with E-state index in [1.54, 1.807) is 12.1 Å². The van der Waals surface area contributed by atoms with Crippen LogP contribution in [0.2, 0.25) is 10.0 Å². The van der Waals surface area contributed by atoms with Crippen LogP contribution in [0.15, 0.2) is 53.5 Å². The number of rotatable bonds is 7. The lowest BCUT2D eigenvalue weighted by Gasteiger charge is -2.25. The van der Waals surface area contributed by atoms with Gasteiger partial charge in [0.15, 0.2) is 0 Å². The number of aliphatic carboxylic acids is 2. The van der Waals surface area contributed by atoms with Crippen LogP contribution < -0.4 is 15.9 Å². The number of benzene rings is 2. The van der Waals surface area contributed by atoms with E-state index >= 15 is 0 Å². The molecule has 1 atom stereocenters. The molecule has 1 heterocycles. The van der Waals surface area contributed by atoms with Gasteiger partial charge in [0.05, 0.1) is 10.4 Å². The first-order chi connectivity index (χ1) is 14.7. The van der Waals surface area contributed by atoms with Gasteiger partial charge in [-0.2, -0.15) is 0 Å². The van der Waals surface area contributed by atoms with Gasteiger partial charge in [0, 0.05) is 34.0 Å². The highest BCUT2D eigenvalue weighted by Crippen LogP contribution is 2.38. The fraction of sp³-hybridized carbons (Fsp3) is 0.182. The van der Waals surface area contributed by atoms with E-state index < -0.39 is 17.5 Å². The minimum Gasteiger partial charge on any atom is -0.479 e. The molecule has 3 N–H and O–H groups in total. The van der Waals surface area contributed by atoms with E-state index in [9.17, 15) is 19.5 Å². The molecule has 0 radical (unpaired) electrons. The first-order valence-corrected chi connectivity index (χ1v) is 10.1. The van der Waals surface area contributed by atoms with Crippen LogP contribution in [0.3, 0.4) is 0 Å². The topological polar surface area (TPSA) is 116 Å². The van der Waals surface area contributed by atoms with Crippen LogP contribution in [0.1, 0.15) is 25.3 Å². The minimum atomic E-state index is -1.94. The number of carbonyl (C=O) groups excluding carboxylic acids is 1. The number of carboxylic acids is 2. The molecular weight excluding hydrogens is 443 g/mol. The molecule has 2 aromatic rings. The van der Waals surface area contributed by atoms with Crippen LogP contribution in [-0.2, 0) is 19.9 Å². The molecule has 160 valence electrons. The minimum absolute atomic E-state index is 0.0989. The van der Waals surface area contributed by atoms with Crippen molar-refractivity contribution in [3.05, 3.63) is 74.7 Å². The van der Waals surface area contributed by atoms with E-state index in [1.165, 1.54) is 30.3 Å².